The van der Waals surface area contributed by atoms with Gasteiger partial charge in [0.25, 0.3) is 5.91 Å². The average Bonchev–Trinajstić information content (AvgIpc) is 3.08. The predicted molar refractivity (Wildman–Crippen MR) is 95.8 cm³/mol. The summed E-state index contributed by atoms with van der Waals surface area (Å²) in [6.45, 7) is 4.30. The summed E-state index contributed by atoms with van der Waals surface area (Å²) in [6.07, 6.45) is 0. The lowest BCUT2D eigenvalue weighted by molar-refractivity contribution is 0.0955. The third-order valence-electron chi connectivity index (χ3n) is 4.00. The molecule has 2 aromatic carbocycles. The molecule has 2 aromatic rings. The first kappa shape index (κ1) is 18.2. The van der Waals surface area contributed by atoms with E-state index in [2.05, 4.69) is 10.0 Å². The fourth-order valence-corrected chi connectivity index (χ4v) is 3.62. The normalized spacial score (nSPS) is 12.8. The van der Waals surface area contributed by atoms with Crippen molar-refractivity contribution in [2.75, 3.05) is 13.3 Å². The van der Waals surface area contributed by atoms with Crippen LogP contribution in [0.2, 0.25) is 0 Å². The van der Waals surface area contributed by atoms with Gasteiger partial charge in [-0.3, -0.25) is 4.79 Å². The summed E-state index contributed by atoms with van der Waals surface area (Å²) in [5, 5.41) is 2.68. The lowest BCUT2D eigenvalue weighted by atomic mass is 10.1. The van der Waals surface area contributed by atoms with Crippen LogP contribution in [0.4, 0.5) is 0 Å². The number of ether oxygens (including phenoxy) is 2. The summed E-state index contributed by atoms with van der Waals surface area (Å²) in [4.78, 5) is 12.1. The molecule has 1 aliphatic heterocycles. The number of hydrogen-bond donors (Lipinski definition) is 2. The van der Waals surface area contributed by atoms with Crippen LogP contribution in [0.25, 0.3) is 0 Å². The van der Waals surface area contributed by atoms with Crippen molar-refractivity contribution in [2.45, 2.75) is 25.3 Å². The summed E-state index contributed by atoms with van der Waals surface area (Å²) in [6, 6.07) is 9.75. The highest BCUT2D eigenvalue weighted by atomic mass is 32.2. The minimum atomic E-state index is -3.76. The summed E-state index contributed by atoms with van der Waals surface area (Å²) in [5.41, 5.74) is 1.80. The zero-order chi connectivity index (χ0) is 18.7. The van der Waals surface area contributed by atoms with Crippen molar-refractivity contribution in [1.82, 2.24) is 10.0 Å². The second kappa shape index (κ2) is 7.35. The van der Waals surface area contributed by atoms with E-state index in [1.165, 1.54) is 12.1 Å². The van der Waals surface area contributed by atoms with Gasteiger partial charge in [0.1, 0.15) is 0 Å². The van der Waals surface area contributed by atoms with Crippen molar-refractivity contribution in [1.29, 1.82) is 0 Å². The molecule has 0 saturated heterocycles. The number of rotatable bonds is 6. The number of carbonyl (C=O) groups is 1. The fourth-order valence-electron chi connectivity index (χ4n) is 2.58. The number of carbonyl (C=O) groups excluding carboxylic acids is 1. The number of fused-ring (bicyclic) bond motifs is 1. The van der Waals surface area contributed by atoms with Gasteiger partial charge in [0, 0.05) is 18.7 Å². The second-order valence-electron chi connectivity index (χ2n) is 5.85. The number of benzene rings is 2. The Morgan fingerprint density at radius 1 is 1.12 bits per heavy atom. The standard InChI is InChI=1S/C18H20N2O5S/c1-3-19-18(21)15-9-14(6-4-12(15)2)26(22,23)20-10-13-5-7-16-17(8-13)25-11-24-16/h4-9,20H,3,10-11H2,1-2H3,(H,19,21). The van der Waals surface area contributed by atoms with Gasteiger partial charge in [0.15, 0.2) is 11.5 Å². The van der Waals surface area contributed by atoms with Crippen molar-refractivity contribution < 1.29 is 22.7 Å². The Labute approximate surface area is 152 Å². The van der Waals surface area contributed by atoms with Crippen LogP contribution in [0.1, 0.15) is 28.4 Å². The van der Waals surface area contributed by atoms with Crippen molar-refractivity contribution in [3.63, 3.8) is 0 Å². The number of hydrogen-bond acceptors (Lipinski definition) is 5. The number of amides is 1. The molecule has 0 radical (unpaired) electrons. The predicted octanol–water partition coefficient (Wildman–Crippen LogP) is 1.95. The Hall–Kier alpha value is -2.58. The smallest absolute Gasteiger partial charge is 0.251 e. The molecule has 1 heterocycles. The van der Waals surface area contributed by atoms with Gasteiger partial charge in [-0.2, -0.15) is 0 Å². The van der Waals surface area contributed by atoms with Gasteiger partial charge in [-0.05, 0) is 49.2 Å². The van der Waals surface area contributed by atoms with E-state index in [1.807, 2.05) is 0 Å². The molecular weight excluding hydrogens is 356 g/mol. The Balaban J connectivity index is 1.77. The van der Waals surface area contributed by atoms with E-state index in [9.17, 15) is 13.2 Å². The van der Waals surface area contributed by atoms with E-state index in [1.54, 1.807) is 38.1 Å². The molecule has 2 N–H and O–H groups in total. The lowest BCUT2D eigenvalue weighted by Gasteiger charge is -2.11. The molecule has 0 aliphatic carbocycles. The molecule has 0 spiro atoms. The van der Waals surface area contributed by atoms with Crippen LogP contribution >= 0.6 is 0 Å². The first-order valence-corrected chi connectivity index (χ1v) is 9.66. The zero-order valence-electron chi connectivity index (χ0n) is 14.5. The molecule has 7 nitrogen and oxygen atoms in total. The second-order valence-corrected chi connectivity index (χ2v) is 7.62. The number of sulfonamides is 1. The van der Waals surface area contributed by atoms with E-state index >= 15 is 0 Å². The van der Waals surface area contributed by atoms with Crippen LogP contribution in [-0.4, -0.2) is 27.7 Å². The molecule has 0 unspecified atom stereocenters. The summed E-state index contributed by atoms with van der Waals surface area (Å²) < 4.78 is 38.2. The van der Waals surface area contributed by atoms with Crippen LogP contribution in [0, 0.1) is 6.92 Å². The number of aryl methyl sites for hydroxylation is 1. The third kappa shape index (κ3) is 3.81. The topological polar surface area (TPSA) is 93.7 Å². The van der Waals surface area contributed by atoms with E-state index in [4.69, 9.17) is 9.47 Å². The number of nitrogens with one attached hydrogen (secondary N) is 2. The summed E-state index contributed by atoms with van der Waals surface area (Å²) >= 11 is 0. The van der Waals surface area contributed by atoms with Crippen LogP contribution in [0.15, 0.2) is 41.3 Å². The van der Waals surface area contributed by atoms with Crippen molar-refractivity contribution in [2.24, 2.45) is 0 Å². The largest absolute Gasteiger partial charge is 0.454 e. The zero-order valence-corrected chi connectivity index (χ0v) is 15.4. The summed E-state index contributed by atoms with van der Waals surface area (Å²) in [7, 11) is -3.76. The molecule has 1 amide bonds. The highest BCUT2D eigenvalue weighted by Crippen LogP contribution is 2.32. The lowest BCUT2D eigenvalue weighted by Crippen LogP contribution is -2.26. The van der Waals surface area contributed by atoms with Gasteiger partial charge in [0.2, 0.25) is 16.8 Å². The average molecular weight is 376 g/mol. The Morgan fingerprint density at radius 3 is 2.65 bits per heavy atom. The van der Waals surface area contributed by atoms with Gasteiger partial charge in [0.05, 0.1) is 4.90 Å². The van der Waals surface area contributed by atoms with Gasteiger partial charge >= 0.3 is 0 Å². The van der Waals surface area contributed by atoms with Gasteiger partial charge in [-0.15, -0.1) is 0 Å². The molecule has 26 heavy (non-hydrogen) atoms. The molecule has 138 valence electrons. The highest BCUT2D eigenvalue weighted by Gasteiger charge is 2.19. The minimum Gasteiger partial charge on any atom is -0.454 e. The van der Waals surface area contributed by atoms with Crippen LogP contribution in [-0.2, 0) is 16.6 Å². The highest BCUT2D eigenvalue weighted by molar-refractivity contribution is 7.89. The Kier molecular flexibility index (Phi) is 5.15. The van der Waals surface area contributed by atoms with Crippen LogP contribution in [0.3, 0.4) is 0 Å². The van der Waals surface area contributed by atoms with Crippen molar-refractivity contribution >= 4 is 15.9 Å². The molecule has 8 heteroatoms. The Morgan fingerprint density at radius 2 is 1.88 bits per heavy atom. The maximum absolute atomic E-state index is 12.6. The molecule has 0 atom stereocenters. The van der Waals surface area contributed by atoms with Gasteiger partial charge in [-0.25, -0.2) is 13.1 Å². The maximum atomic E-state index is 12.6. The fraction of sp³-hybridized carbons (Fsp3) is 0.278. The third-order valence-corrected chi connectivity index (χ3v) is 5.40. The first-order valence-electron chi connectivity index (χ1n) is 8.18. The van der Waals surface area contributed by atoms with Gasteiger partial charge in [-0.1, -0.05) is 12.1 Å². The SMILES string of the molecule is CCNC(=O)c1cc(S(=O)(=O)NCc2ccc3c(c2)OCO3)ccc1C. The van der Waals surface area contributed by atoms with Crippen LogP contribution < -0.4 is 19.5 Å². The molecule has 0 fully saturated rings. The van der Waals surface area contributed by atoms with Gasteiger partial charge < -0.3 is 14.8 Å². The molecular formula is C18H20N2O5S. The van der Waals surface area contributed by atoms with Crippen LogP contribution in [0.5, 0.6) is 11.5 Å². The van der Waals surface area contributed by atoms with E-state index < -0.39 is 10.0 Å². The van der Waals surface area contributed by atoms with E-state index in [0.717, 1.165) is 5.56 Å². The molecule has 0 saturated carbocycles. The Bertz CT molecular complexity index is 941. The van der Waals surface area contributed by atoms with Crippen molar-refractivity contribution in [3.8, 4) is 11.5 Å². The molecule has 1 aliphatic rings. The first-order chi connectivity index (χ1) is 12.4. The maximum Gasteiger partial charge on any atom is 0.251 e. The minimum absolute atomic E-state index is 0.0464. The molecule has 0 aromatic heterocycles. The van der Waals surface area contributed by atoms with E-state index in [0.29, 0.717) is 29.2 Å². The quantitative estimate of drug-likeness (QED) is 0.804. The van der Waals surface area contributed by atoms with E-state index in [-0.39, 0.29) is 24.1 Å². The summed E-state index contributed by atoms with van der Waals surface area (Å²) in [5.74, 6) is 0.940. The van der Waals surface area contributed by atoms with Crippen molar-refractivity contribution in [3.05, 3.63) is 53.1 Å². The molecule has 0 bridgehead atoms. The monoisotopic (exact) mass is 376 g/mol. The molecule has 3 rings (SSSR count).